The number of methoxy groups -OCH3 is 1. The normalized spacial score (nSPS) is 10.3. The average molecular weight is 286 g/mol. The number of aromatic nitrogens is 1. The van der Waals surface area contributed by atoms with Gasteiger partial charge in [0.2, 0.25) is 5.91 Å². The molecule has 0 aliphatic rings. The van der Waals surface area contributed by atoms with Crippen molar-refractivity contribution in [1.29, 1.82) is 0 Å². The minimum absolute atomic E-state index is 0.155. The first-order valence-electron chi connectivity index (χ1n) is 5.68. The molecule has 1 N–H and O–H groups in total. The maximum atomic E-state index is 11.7. The topological polar surface area (TPSA) is 71.5 Å². The molecule has 1 aromatic heterocycles. The highest BCUT2D eigenvalue weighted by atomic mass is 35.5. The van der Waals surface area contributed by atoms with Crippen molar-refractivity contribution < 1.29 is 14.3 Å². The maximum Gasteiger partial charge on any atom is 0.306 e. The molecule has 7 heteroatoms. The molecular formula is C12H16ClN3O3. The van der Waals surface area contributed by atoms with E-state index < -0.39 is 0 Å². The standard InChI is InChI=1S/C12H16ClN3O3/c1-16(7-5-11(18)19-2)8-10(17)15-9-4-3-6-14-12(9)13/h3-4,6H,5,7-8H2,1-2H3,(H,15,17). The van der Waals surface area contributed by atoms with Crippen LogP contribution < -0.4 is 5.32 Å². The molecule has 0 aliphatic heterocycles. The van der Waals surface area contributed by atoms with Crippen LogP contribution in [-0.2, 0) is 14.3 Å². The maximum absolute atomic E-state index is 11.7. The minimum atomic E-state index is -0.303. The first-order chi connectivity index (χ1) is 9.02. The van der Waals surface area contributed by atoms with Gasteiger partial charge in [0.05, 0.1) is 25.8 Å². The van der Waals surface area contributed by atoms with E-state index in [1.807, 2.05) is 0 Å². The van der Waals surface area contributed by atoms with E-state index in [0.717, 1.165) is 0 Å². The van der Waals surface area contributed by atoms with Gasteiger partial charge in [-0.15, -0.1) is 0 Å². The molecule has 0 radical (unpaired) electrons. The van der Waals surface area contributed by atoms with Gasteiger partial charge in [0, 0.05) is 12.7 Å². The third kappa shape index (κ3) is 5.67. The number of amides is 1. The Morgan fingerprint density at radius 3 is 2.89 bits per heavy atom. The zero-order valence-corrected chi connectivity index (χ0v) is 11.6. The second-order valence-electron chi connectivity index (χ2n) is 3.95. The van der Waals surface area contributed by atoms with E-state index in [0.29, 0.717) is 12.2 Å². The number of pyridine rings is 1. The molecule has 1 heterocycles. The van der Waals surface area contributed by atoms with Gasteiger partial charge in [0.25, 0.3) is 0 Å². The predicted octanol–water partition coefficient (Wildman–Crippen LogP) is 1.17. The van der Waals surface area contributed by atoms with Crippen LogP contribution in [0, 0.1) is 0 Å². The van der Waals surface area contributed by atoms with Crippen molar-refractivity contribution in [3.8, 4) is 0 Å². The summed E-state index contributed by atoms with van der Waals surface area (Å²) >= 11 is 5.83. The Balaban J connectivity index is 2.39. The first-order valence-corrected chi connectivity index (χ1v) is 6.06. The van der Waals surface area contributed by atoms with E-state index in [1.165, 1.54) is 7.11 Å². The Hall–Kier alpha value is -1.66. The molecule has 6 nitrogen and oxygen atoms in total. The highest BCUT2D eigenvalue weighted by molar-refractivity contribution is 6.32. The second-order valence-corrected chi connectivity index (χ2v) is 4.31. The Morgan fingerprint density at radius 1 is 1.53 bits per heavy atom. The lowest BCUT2D eigenvalue weighted by Crippen LogP contribution is -2.32. The number of hydrogen-bond acceptors (Lipinski definition) is 5. The summed E-state index contributed by atoms with van der Waals surface area (Å²) in [7, 11) is 3.08. The van der Waals surface area contributed by atoms with Gasteiger partial charge in [-0.05, 0) is 19.2 Å². The van der Waals surface area contributed by atoms with Gasteiger partial charge in [0.1, 0.15) is 0 Å². The van der Waals surface area contributed by atoms with Crippen LogP contribution in [0.2, 0.25) is 5.15 Å². The number of likely N-dealkylation sites (N-methyl/N-ethyl adjacent to an activating group) is 1. The Kier molecular flexibility index (Phi) is 6.24. The number of ether oxygens (including phenoxy) is 1. The van der Waals surface area contributed by atoms with Crippen LogP contribution in [0.25, 0.3) is 0 Å². The van der Waals surface area contributed by atoms with Gasteiger partial charge in [-0.1, -0.05) is 11.6 Å². The quantitative estimate of drug-likeness (QED) is 0.627. The van der Waals surface area contributed by atoms with Crippen molar-refractivity contribution in [3.05, 3.63) is 23.5 Å². The number of carbonyl (C=O) groups is 2. The highest BCUT2D eigenvalue weighted by Crippen LogP contribution is 2.17. The molecule has 0 bridgehead atoms. The SMILES string of the molecule is COC(=O)CCN(C)CC(=O)Nc1cccnc1Cl. The molecule has 0 unspecified atom stereocenters. The van der Waals surface area contributed by atoms with Crippen LogP contribution in [0.1, 0.15) is 6.42 Å². The molecule has 0 aliphatic carbocycles. The summed E-state index contributed by atoms with van der Waals surface area (Å²) in [5.41, 5.74) is 0.468. The Labute approximate surface area is 116 Å². The van der Waals surface area contributed by atoms with Gasteiger partial charge >= 0.3 is 5.97 Å². The van der Waals surface area contributed by atoms with Crippen LogP contribution in [0.3, 0.4) is 0 Å². The number of esters is 1. The number of anilines is 1. The lowest BCUT2D eigenvalue weighted by atomic mass is 10.3. The van der Waals surface area contributed by atoms with Crippen LogP contribution in [0.15, 0.2) is 18.3 Å². The smallest absolute Gasteiger partial charge is 0.306 e. The molecule has 0 aromatic carbocycles. The van der Waals surface area contributed by atoms with Crippen molar-refractivity contribution in [1.82, 2.24) is 9.88 Å². The summed E-state index contributed by atoms with van der Waals surface area (Å²) in [6, 6.07) is 3.35. The fourth-order valence-corrected chi connectivity index (χ4v) is 1.54. The molecule has 0 saturated carbocycles. The molecule has 104 valence electrons. The van der Waals surface area contributed by atoms with Gasteiger partial charge in [-0.25, -0.2) is 4.98 Å². The lowest BCUT2D eigenvalue weighted by molar-refractivity contribution is -0.141. The van der Waals surface area contributed by atoms with Crippen molar-refractivity contribution >= 4 is 29.2 Å². The summed E-state index contributed by atoms with van der Waals surface area (Å²) in [6.45, 7) is 0.600. The van der Waals surface area contributed by atoms with Crippen LogP contribution in [0.5, 0.6) is 0 Å². The number of nitrogens with one attached hydrogen (secondary N) is 1. The molecule has 1 amide bonds. The van der Waals surface area contributed by atoms with Crippen molar-refractivity contribution in [3.63, 3.8) is 0 Å². The molecule has 19 heavy (non-hydrogen) atoms. The van der Waals surface area contributed by atoms with Gasteiger partial charge in [-0.3, -0.25) is 14.5 Å². The fraction of sp³-hybridized carbons (Fsp3) is 0.417. The molecule has 0 saturated heterocycles. The van der Waals surface area contributed by atoms with Gasteiger partial charge < -0.3 is 10.1 Å². The minimum Gasteiger partial charge on any atom is -0.469 e. The van der Waals surface area contributed by atoms with E-state index in [1.54, 1.807) is 30.3 Å². The summed E-state index contributed by atoms with van der Waals surface area (Å²) in [6.07, 6.45) is 1.79. The van der Waals surface area contributed by atoms with Crippen molar-refractivity contribution in [2.75, 3.05) is 32.6 Å². The summed E-state index contributed by atoms with van der Waals surface area (Å²) in [4.78, 5) is 28.3. The molecule has 1 aromatic rings. The molecule has 0 fully saturated rings. The van der Waals surface area contributed by atoms with E-state index in [4.69, 9.17) is 11.6 Å². The molecule has 1 rings (SSSR count). The Morgan fingerprint density at radius 2 is 2.26 bits per heavy atom. The summed E-state index contributed by atoms with van der Waals surface area (Å²) in [5, 5.41) is 2.90. The molecule has 0 spiro atoms. The van der Waals surface area contributed by atoms with E-state index in [-0.39, 0.29) is 30.0 Å². The third-order valence-corrected chi connectivity index (χ3v) is 2.67. The van der Waals surface area contributed by atoms with Crippen molar-refractivity contribution in [2.45, 2.75) is 6.42 Å². The highest BCUT2D eigenvalue weighted by Gasteiger charge is 2.10. The largest absolute Gasteiger partial charge is 0.469 e. The summed E-state index contributed by atoms with van der Waals surface area (Å²) in [5.74, 6) is -0.523. The Bertz CT molecular complexity index is 454. The lowest BCUT2D eigenvalue weighted by Gasteiger charge is -2.15. The van der Waals surface area contributed by atoms with Crippen molar-refractivity contribution in [2.24, 2.45) is 0 Å². The predicted molar refractivity (Wildman–Crippen MR) is 72.0 cm³/mol. The van der Waals surface area contributed by atoms with E-state index in [2.05, 4.69) is 15.0 Å². The summed E-state index contributed by atoms with van der Waals surface area (Å²) < 4.78 is 4.53. The number of nitrogens with zero attached hydrogens (tertiary/aromatic N) is 2. The van der Waals surface area contributed by atoms with E-state index >= 15 is 0 Å². The van der Waals surface area contributed by atoms with Crippen LogP contribution in [0.4, 0.5) is 5.69 Å². The number of halogens is 1. The van der Waals surface area contributed by atoms with Crippen LogP contribution in [-0.4, -0.2) is 49.0 Å². The zero-order chi connectivity index (χ0) is 14.3. The molecular weight excluding hydrogens is 270 g/mol. The van der Waals surface area contributed by atoms with Gasteiger partial charge in [-0.2, -0.15) is 0 Å². The monoisotopic (exact) mass is 285 g/mol. The fourth-order valence-electron chi connectivity index (χ4n) is 1.38. The number of rotatable bonds is 6. The second kappa shape index (κ2) is 7.70. The molecule has 0 atom stereocenters. The first kappa shape index (κ1) is 15.4. The van der Waals surface area contributed by atoms with Crippen LogP contribution >= 0.6 is 11.6 Å². The number of carbonyl (C=O) groups excluding carboxylic acids is 2. The van der Waals surface area contributed by atoms with Gasteiger partial charge in [0.15, 0.2) is 5.15 Å². The average Bonchev–Trinajstić information content (AvgIpc) is 2.38. The number of hydrogen-bond donors (Lipinski definition) is 1. The zero-order valence-electron chi connectivity index (χ0n) is 10.9. The third-order valence-electron chi connectivity index (χ3n) is 2.37. The van der Waals surface area contributed by atoms with E-state index in [9.17, 15) is 9.59 Å².